The van der Waals surface area contributed by atoms with Crippen LogP contribution in [-0.4, -0.2) is 51.8 Å². The fourth-order valence-electron chi connectivity index (χ4n) is 3.79. The van der Waals surface area contributed by atoms with Crippen LogP contribution in [0, 0.1) is 12.3 Å². The minimum Gasteiger partial charge on any atom is -0.508 e. The first kappa shape index (κ1) is 25.7. The molecule has 0 bridgehead atoms. The van der Waals surface area contributed by atoms with Crippen LogP contribution in [0.25, 0.3) is 0 Å². The van der Waals surface area contributed by atoms with Gasteiger partial charge in [0.25, 0.3) is 11.8 Å². The van der Waals surface area contributed by atoms with E-state index in [9.17, 15) is 24.6 Å². The van der Waals surface area contributed by atoms with Gasteiger partial charge in [-0.15, -0.1) is 12.4 Å². The fourth-order valence-corrected chi connectivity index (χ4v) is 3.79. The Kier molecular flexibility index (Phi) is 8.42. The number of nitrogens with one attached hydrogen (secondary N) is 2. The SMILES string of the molecule is Cc1cc(C(=O)NC(CC(=O)O)c2cc(C(=N)N)ccc2O)ccc1C(=O)N1CCCC1.Cl. The Balaban J connectivity index is 0.00000385. The summed E-state index contributed by atoms with van der Waals surface area (Å²) in [5.41, 5.74) is 7.36. The third kappa shape index (κ3) is 6.01. The van der Waals surface area contributed by atoms with Crippen molar-refractivity contribution in [1.29, 1.82) is 5.41 Å². The number of nitrogens with two attached hydrogens (primary N) is 1. The van der Waals surface area contributed by atoms with E-state index in [0.717, 1.165) is 25.9 Å². The molecule has 6 N–H and O–H groups in total. The maximum absolute atomic E-state index is 12.9. The lowest BCUT2D eigenvalue weighted by atomic mass is 9.98. The molecule has 0 saturated carbocycles. The van der Waals surface area contributed by atoms with Crippen molar-refractivity contribution in [2.24, 2.45) is 5.73 Å². The number of carboxylic acids is 1. The van der Waals surface area contributed by atoms with Gasteiger partial charge in [-0.1, -0.05) is 0 Å². The molecule has 1 unspecified atom stereocenters. The van der Waals surface area contributed by atoms with Crippen molar-refractivity contribution in [2.45, 2.75) is 32.2 Å². The number of hydrogen-bond donors (Lipinski definition) is 5. The van der Waals surface area contributed by atoms with E-state index in [1.807, 2.05) is 0 Å². The molecule has 33 heavy (non-hydrogen) atoms. The number of carbonyl (C=O) groups excluding carboxylic acids is 2. The molecule has 10 heteroatoms. The van der Waals surface area contributed by atoms with Crippen molar-refractivity contribution in [3.63, 3.8) is 0 Å². The zero-order valence-corrected chi connectivity index (χ0v) is 18.9. The summed E-state index contributed by atoms with van der Waals surface area (Å²) in [5.74, 6) is -2.26. The topological polar surface area (TPSA) is 157 Å². The van der Waals surface area contributed by atoms with Gasteiger partial charge in [-0.3, -0.25) is 19.8 Å². The van der Waals surface area contributed by atoms with Crippen LogP contribution in [0.1, 0.15) is 62.7 Å². The van der Waals surface area contributed by atoms with Crippen LogP contribution in [0.2, 0.25) is 0 Å². The Morgan fingerprint density at radius 3 is 2.33 bits per heavy atom. The van der Waals surface area contributed by atoms with Gasteiger partial charge in [0, 0.05) is 35.3 Å². The molecule has 1 saturated heterocycles. The van der Waals surface area contributed by atoms with Gasteiger partial charge in [0.2, 0.25) is 0 Å². The van der Waals surface area contributed by atoms with Crippen molar-refractivity contribution in [3.8, 4) is 5.75 Å². The molecule has 0 spiro atoms. The first-order valence-corrected chi connectivity index (χ1v) is 10.3. The maximum atomic E-state index is 12.9. The number of halogens is 1. The van der Waals surface area contributed by atoms with E-state index in [4.69, 9.17) is 11.1 Å². The molecule has 2 aromatic rings. The number of nitrogen functional groups attached to an aromatic ring is 1. The van der Waals surface area contributed by atoms with Gasteiger partial charge in [-0.25, -0.2) is 0 Å². The van der Waals surface area contributed by atoms with Crippen molar-refractivity contribution < 1.29 is 24.6 Å². The zero-order valence-electron chi connectivity index (χ0n) is 18.1. The average Bonchev–Trinajstić information content (AvgIpc) is 3.27. The number of aliphatic carboxylic acids is 1. The molecule has 1 aliphatic rings. The Labute approximate surface area is 197 Å². The predicted molar refractivity (Wildman–Crippen MR) is 125 cm³/mol. The molecule has 9 nitrogen and oxygen atoms in total. The lowest BCUT2D eigenvalue weighted by Gasteiger charge is -2.20. The highest BCUT2D eigenvalue weighted by atomic mass is 35.5. The average molecular weight is 475 g/mol. The van der Waals surface area contributed by atoms with Crippen molar-refractivity contribution in [3.05, 3.63) is 64.2 Å². The molecule has 2 aromatic carbocycles. The number of amidine groups is 1. The molecular weight excluding hydrogens is 448 g/mol. The Bertz CT molecular complexity index is 1080. The number of rotatable bonds is 7. The molecule has 1 aliphatic heterocycles. The van der Waals surface area contributed by atoms with Crippen LogP contribution in [0.15, 0.2) is 36.4 Å². The normalized spacial score (nSPS) is 13.7. The number of amides is 2. The minimum absolute atomic E-state index is 0. The summed E-state index contributed by atoms with van der Waals surface area (Å²) < 4.78 is 0. The second-order valence-corrected chi connectivity index (χ2v) is 7.84. The standard InChI is InChI=1S/C23H26N4O5.ClH/c1-13-10-15(4-6-16(13)23(32)27-8-2-3-9-27)22(31)26-18(12-20(29)30)17-11-14(21(24)25)5-7-19(17)28;/h4-7,10-11,18,28H,2-3,8-9,12H2,1H3,(H3,24,25)(H,26,31)(H,29,30);1H. The predicted octanol–water partition coefficient (Wildman–Crippen LogP) is 2.59. The number of phenolic OH excluding ortho intramolecular Hbond substituents is 1. The van der Waals surface area contributed by atoms with Gasteiger partial charge in [0.05, 0.1) is 12.5 Å². The summed E-state index contributed by atoms with van der Waals surface area (Å²) in [4.78, 5) is 38.7. The number of likely N-dealkylation sites (tertiary alicyclic amines) is 1. The maximum Gasteiger partial charge on any atom is 0.305 e. The van der Waals surface area contributed by atoms with Gasteiger partial charge >= 0.3 is 5.97 Å². The summed E-state index contributed by atoms with van der Waals surface area (Å²) in [6.45, 7) is 3.19. The van der Waals surface area contributed by atoms with Crippen LogP contribution >= 0.6 is 12.4 Å². The monoisotopic (exact) mass is 474 g/mol. The molecule has 0 aromatic heterocycles. The third-order valence-electron chi connectivity index (χ3n) is 5.51. The number of aryl methyl sites for hydroxylation is 1. The molecule has 176 valence electrons. The zero-order chi connectivity index (χ0) is 23.4. The van der Waals surface area contributed by atoms with E-state index in [1.54, 1.807) is 24.0 Å². The van der Waals surface area contributed by atoms with E-state index < -0.39 is 24.3 Å². The summed E-state index contributed by atoms with van der Waals surface area (Å²) in [6, 6.07) is 7.78. The highest BCUT2D eigenvalue weighted by Gasteiger charge is 2.24. The van der Waals surface area contributed by atoms with Crippen molar-refractivity contribution in [2.75, 3.05) is 13.1 Å². The number of nitrogens with zero attached hydrogens (tertiary/aromatic N) is 1. The lowest BCUT2D eigenvalue weighted by Crippen LogP contribution is -2.31. The molecule has 1 heterocycles. The first-order chi connectivity index (χ1) is 15.2. The quantitative estimate of drug-likeness (QED) is 0.306. The molecule has 0 radical (unpaired) electrons. The number of carboxylic acid groups (broad SMARTS) is 1. The van der Waals surface area contributed by atoms with Crippen LogP contribution < -0.4 is 11.1 Å². The van der Waals surface area contributed by atoms with Crippen LogP contribution in [0.3, 0.4) is 0 Å². The second-order valence-electron chi connectivity index (χ2n) is 7.84. The summed E-state index contributed by atoms with van der Waals surface area (Å²) in [6.07, 6.45) is 1.48. The largest absolute Gasteiger partial charge is 0.508 e. The summed E-state index contributed by atoms with van der Waals surface area (Å²) in [5, 5.41) is 29.7. The number of benzene rings is 2. The molecule has 3 rings (SSSR count). The smallest absolute Gasteiger partial charge is 0.305 e. The van der Waals surface area contributed by atoms with Gasteiger partial charge in [-0.05, 0) is 61.7 Å². The number of hydrogen-bond acceptors (Lipinski definition) is 5. The van der Waals surface area contributed by atoms with Crippen molar-refractivity contribution in [1.82, 2.24) is 10.2 Å². The molecular formula is C23H27ClN4O5. The molecule has 2 amide bonds. The number of carbonyl (C=O) groups is 3. The van der Waals surface area contributed by atoms with Gasteiger partial charge in [0.15, 0.2) is 0 Å². The Hall–Kier alpha value is -3.59. The summed E-state index contributed by atoms with van der Waals surface area (Å²) >= 11 is 0. The van der Waals surface area contributed by atoms with Crippen LogP contribution in [-0.2, 0) is 4.79 Å². The van der Waals surface area contributed by atoms with Gasteiger partial charge < -0.3 is 26.2 Å². The highest BCUT2D eigenvalue weighted by molar-refractivity contribution is 5.99. The van der Waals surface area contributed by atoms with Gasteiger partial charge in [-0.2, -0.15) is 0 Å². The lowest BCUT2D eigenvalue weighted by molar-refractivity contribution is -0.137. The first-order valence-electron chi connectivity index (χ1n) is 10.3. The van der Waals surface area contributed by atoms with E-state index in [-0.39, 0.29) is 41.0 Å². The third-order valence-corrected chi connectivity index (χ3v) is 5.51. The molecule has 0 aliphatic carbocycles. The Morgan fingerprint density at radius 1 is 1.12 bits per heavy atom. The van der Waals surface area contributed by atoms with E-state index in [0.29, 0.717) is 16.7 Å². The van der Waals surface area contributed by atoms with Crippen LogP contribution in [0.4, 0.5) is 0 Å². The number of phenols is 1. The summed E-state index contributed by atoms with van der Waals surface area (Å²) in [7, 11) is 0. The molecule has 1 fully saturated rings. The van der Waals surface area contributed by atoms with E-state index in [1.165, 1.54) is 24.3 Å². The second kappa shape index (κ2) is 10.8. The van der Waals surface area contributed by atoms with E-state index in [2.05, 4.69) is 5.32 Å². The fraction of sp³-hybridized carbons (Fsp3) is 0.304. The van der Waals surface area contributed by atoms with Crippen LogP contribution in [0.5, 0.6) is 5.75 Å². The Morgan fingerprint density at radius 2 is 1.76 bits per heavy atom. The highest BCUT2D eigenvalue weighted by Crippen LogP contribution is 2.28. The number of aromatic hydroxyl groups is 1. The molecule has 1 atom stereocenters. The van der Waals surface area contributed by atoms with E-state index >= 15 is 0 Å². The van der Waals surface area contributed by atoms with Gasteiger partial charge in [0.1, 0.15) is 11.6 Å². The minimum atomic E-state index is -1.18. The van der Waals surface area contributed by atoms with Crippen molar-refractivity contribution >= 4 is 36.0 Å².